The molecular formula is C12H26N2. The molecule has 0 radical (unpaired) electrons. The van der Waals surface area contributed by atoms with Gasteiger partial charge in [-0.15, -0.1) is 0 Å². The summed E-state index contributed by atoms with van der Waals surface area (Å²) in [6, 6.07) is 0. The van der Waals surface area contributed by atoms with Crippen LogP contribution >= 0.6 is 0 Å². The Hall–Kier alpha value is -0.400. The van der Waals surface area contributed by atoms with Gasteiger partial charge in [0.25, 0.3) is 0 Å². The molecule has 0 aromatic heterocycles. The SMILES string of the molecule is CCCC(C)CN=NCC(C)CCC. The van der Waals surface area contributed by atoms with Gasteiger partial charge in [-0.1, -0.05) is 40.5 Å². The second-order valence-electron chi connectivity index (χ2n) is 4.44. The minimum atomic E-state index is 0.699. The standard InChI is InChI=1S/C12H26N2/c1-5-7-11(3)9-13-14-10-12(4)8-6-2/h11-12H,5-10H2,1-4H3. The van der Waals surface area contributed by atoms with E-state index in [0.29, 0.717) is 11.8 Å². The molecule has 0 N–H and O–H groups in total. The number of nitrogens with zero attached hydrogens (tertiary/aromatic N) is 2. The van der Waals surface area contributed by atoms with E-state index in [1.54, 1.807) is 0 Å². The van der Waals surface area contributed by atoms with Crippen molar-refractivity contribution < 1.29 is 0 Å². The van der Waals surface area contributed by atoms with Gasteiger partial charge >= 0.3 is 0 Å². The lowest BCUT2D eigenvalue weighted by atomic mass is 10.1. The largest absolute Gasteiger partial charge is 0.194 e. The van der Waals surface area contributed by atoms with E-state index >= 15 is 0 Å². The van der Waals surface area contributed by atoms with Crippen LogP contribution in [0.15, 0.2) is 10.2 Å². The zero-order chi connectivity index (χ0) is 10.8. The van der Waals surface area contributed by atoms with Gasteiger partial charge in [-0.2, -0.15) is 10.2 Å². The Bertz CT molecular complexity index is 127. The Kier molecular flexibility index (Phi) is 8.90. The van der Waals surface area contributed by atoms with Crippen molar-refractivity contribution in [2.75, 3.05) is 13.1 Å². The van der Waals surface area contributed by atoms with E-state index in [2.05, 4.69) is 37.9 Å². The molecule has 2 unspecified atom stereocenters. The number of rotatable bonds is 8. The molecule has 2 heteroatoms. The first-order valence-corrected chi connectivity index (χ1v) is 6.03. The second-order valence-corrected chi connectivity index (χ2v) is 4.44. The van der Waals surface area contributed by atoms with Crippen LogP contribution in [-0.4, -0.2) is 13.1 Å². The van der Waals surface area contributed by atoms with Crippen LogP contribution in [0.2, 0.25) is 0 Å². The summed E-state index contributed by atoms with van der Waals surface area (Å²) >= 11 is 0. The number of hydrogen-bond acceptors (Lipinski definition) is 2. The summed E-state index contributed by atoms with van der Waals surface area (Å²) in [5.74, 6) is 1.40. The minimum absolute atomic E-state index is 0.699. The quantitative estimate of drug-likeness (QED) is 0.519. The van der Waals surface area contributed by atoms with E-state index in [0.717, 1.165) is 13.1 Å². The maximum Gasteiger partial charge on any atom is 0.0624 e. The predicted octanol–water partition coefficient (Wildman–Crippen LogP) is 4.31. The maximum atomic E-state index is 4.24. The van der Waals surface area contributed by atoms with Gasteiger partial charge in [0, 0.05) is 0 Å². The van der Waals surface area contributed by atoms with Crippen LogP contribution in [0.1, 0.15) is 53.4 Å². The van der Waals surface area contributed by atoms with Crippen molar-refractivity contribution in [2.24, 2.45) is 22.1 Å². The van der Waals surface area contributed by atoms with Crippen molar-refractivity contribution >= 4 is 0 Å². The zero-order valence-corrected chi connectivity index (χ0v) is 10.3. The highest BCUT2D eigenvalue weighted by molar-refractivity contribution is 4.56. The van der Waals surface area contributed by atoms with E-state index in [1.165, 1.54) is 25.7 Å². The number of azo groups is 1. The molecule has 14 heavy (non-hydrogen) atoms. The average molecular weight is 198 g/mol. The minimum Gasteiger partial charge on any atom is -0.194 e. The molecule has 0 fully saturated rings. The van der Waals surface area contributed by atoms with Gasteiger partial charge in [-0.3, -0.25) is 0 Å². The van der Waals surface area contributed by atoms with Crippen LogP contribution in [0.3, 0.4) is 0 Å². The van der Waals surface area contributed by atoms with Crippen molar-refractivity contribution in [3.05, 3.63) is 0 Å². The summed E-state index contributed by atoms with van der Waals surface area (Å²) in [5, 5.41) is 8.47. The van der Waals surface area contributed by atoms with Gasteiger partial charge in [0.15, 0.2) is 0 Å². The van der Waals surface area contributed by atoms with Crippen molar-refractivity contribution in [1.29, 1.82) is 0 Å². The lowest BCUT2D eigenvalue weighted by Gasteiger charge is -2.06. The second kappa shape index (κ2) is 9.17. The summed E-state index contributed by atoms with van der Waals surface area (Å²) in [6.07, 6.45) is 5.04. The summed E-state index contributed by atoms with van der Waals surface area (Å²) in [4.78, 5) is 0. The molecule has 2 nitrogen and oxygen atoms in total. The lowest BCUT2D eigenvalue weighted by molar-refractivity contribution is 0.497. The molecule has 0 saturated heterocycles. The lowest BCUT2D eigenvalue weighted by Crippen LogP contribution is -2.00. The van der Waals surface area contributed by atoms with Crippen LogP contribution in [0.5, 0.6) is 0 Å². The first-order chi connectivity index (χ1) is 6.70. The van der Waals surface area contributed by atoms with E-state index in [9.17, 15) is 0 Å². The van der Waals surface area contributed by atoms with Gasteiger partial charge in [-0.05, 0) is 24.7 Å². The molecule has 0 saturated carbocycles. The molecule has 0 aromatic rings. The van der Waals surface area contributed by atoms with Gasteiger partial charge in [0.2, 0.25) is 0 Å². The van der Waals surface area contributed by atoms with Crippen LogP contribution in [-0.2, 0) is 0 Å². The summed E-state index contributed by atoms with van der Waals surface area (Å²) in [6.45, 7) is 10.8. The molecule has 0 aliphatic carbocycles. The van der Waals surface area contributed by atoms with Crippen LogP contribution in [0.25, 0.3) is 0 Å². The van der Waals surface area contributed by atoms with Crippen molar-refractivity contribution in [3.63, 3.8) is 0 Å². The predicted molar refractivity (Wildman–Crippen MR) is 62.7 cm³/mol. The molecule has 0 amide bonds. The van der Waals surface area contributed by atoms with Crippen molar-refractivity contribution in [2.45, 2.75) is 53.4 Å². The third-order valence-corrected chi connectivity index (χ3v) is 2.45. The Labute approximate surface area is 89.2 Å². The Morgan fingerprint density at radius 1 is 0.786 bits per heavy atom. The monoisotopic (exact) mass is 198 g/mol. The third-order valence-electron chi connectivity index (χ3n) is 2.45. The number of hydrogen-bond donors (Lipinski definition) is 0. The highest BCUT2D eigenvalue weighted by Crippen LogP contribution is 2.07. The third kappa shape index (κ3) is 8.21. The fourth-order valence-electron chi connectivity index (χ4n) is 1.56. The molecule has 0 aliphatic rings. The van der Waals surface area contributed by atoms with Gasteiger partial charge < -0.3 is 0 Å². The first-order valence-electron chi connectivity index (χ1n) is 6.03. The Morgan fingerprint density at radius 3 is 1.43 bits per heavy atom. The van der Waals surface area contributed by atoms with E-state index < -0.39 is 0 Å². The fraction of sp³-hybridized carbons (Fsp3) is 1.00. The molecule has 2 atom stereocenters. The molecule has 0 rings (SSSR count). The zero-order valence-electron chi connectivity index (χ0n) is 10.3. The van der Waals surface area contributed by atoms with E-state index in [1.807, 2.05) is 0 Å². The molecule has 84 valence electrons. The van der Waals surface area contributed by atoms with Crippen LogP contribution < -0.4 is 0 Å². The van der Waals surface area contributed by atoms with E-state index in [-0.39, 0.29) is 0 Å². The smallest absolute Gasteiger partial charge is 0.0624 e. The fourth-order valence-corrected chi connectivity index (χ4v) is 1.56. The Morgan fingerprint density at radius 2 is 1.14 bits per heavy atom. The van der Waals surface area contributed by atoms with E-state index in [4.69, 9.17) is 0 Å². The topological polar surface area (TPSA) is 24.7 Å². The van der Waals surface area contributed by atoms with Gasteiger partial charge in [0.1, 0.15) is 0 Å². The van der Waals surface area contributed by atoms with Crippen molar-refractivity contribution in [1.82, 2.24) is 0 Å². The molecule has 0 aliphatic heterocycles. The summed E-state index contributed by atoms with van der Waals surface area (Å²) in [5.41, 5.74) is 0. The Balaban J connectivity index is 3.43. The molecule has 0 heterocycles. The molecule has 0 bridgehead atoms. The highest BCUT2D eigenvalue weighted by Gasteiger charge is 2.00. The molecular weight excluding hydrogens is 172 g/mol. The van der Waals surface area contributed by atoms with Gasteiger partial charge in [-0.25, -0.2) is 0 Å². The highest BCUT2D eigenvalue weighted by atomic mass is 15.1. The normalized spacial score (nSPS) is 16.0. The molecule has 0 spiro atoms. The molecule has 0 aromatic carbocycles. The summed E-state index contributed by atoms with van der Waals surface area (Å²) < 4.78 is 0. The maximum absolute atomic E-state index is 4.24. The first kappa shape index (κ1) is 13.6. The van der Waals surface area contributed by atoms with Crippen LogP contribution in [0.4, 0.5) is 0 Å². The van der Waals surface area contributed by atoms with Gasteiger partial charge in [0.05, 0.1) is 13.1 Å². The summed E-state index contributed by atoms with van der Waals surface area (Å²) in [7, 11) is 0. The van der Waals surface area contributed by atoms with Crippen molar-refractivity contribution in [3.8, 4) is 0 Å². The van der Waals surface area contributed by atoms with Crippen LogP contribution in [0, 0.1) is 11.8 Å². The average Bonchev–Trinajstić information content (AvgIpc) is 2.13.